The van der Waals surface area contributed by atoms with Crippen molar-refractivity contribution in [2.45, 2.75) is 19.8 Å². The summed E-state index contributed by atoms with van der Waals surface area (Å²) in [6.45, 7) is 3.77. The number of hydrogen-bond acceptors (Lipinski definition) is 3. The Balaban J connectivity index is 2.03. The molecule has 96 valence electrons. The third-order valence-corrected chi connectivity index (χ3v) is 4.13. The Morgan fingerprint density at radius 1 is 1.67 bits per heavy atom. The molecule has 1 saturated heterocycles. The molecule has 0 aromatic carbocycles. The van der Waals surface area contributed by atoms with E-state index < -0.39 is 0 Å². The van der Waals surface area contributed by atoms with Crippen molar-refractivity contribution in [1.82, 2.24) is 4.90 Å². The van der Waals surface area contributed by atoms with Crippen molar-refractivity contribution >= 4 is 17.2 Å². The molecule has 0 aliphatic carbocycles. The summed E-state index contributed by atoms with van der Waals surface area (Å²) in [7, 11) is 0. The van der Waals surface area contributed by atoms with Crippen LogP contribution in [0.1, 0.15) is 35.0 Å². The Labute approximate surface area is 111 Å². The van der Waals surface area contributed by atoms with Gasteiger partial charge < -0.3 is 10.0 Å². The van der Waals surface area contributed by atoms with Gasteiger partial charge in [-0.25, -0.2) is 0 Å². The second-order valence-corrected chi connectivity index (χ2v) is 5.38. The van der Waals surface area contributed by atoms with Crippen LogP contribution in [0.15, 0.2) is 11.4 Å². The molecule has 1 atom stereocenters. The Hall–Kier alpha value is -1.31. The van der Waals surface area contributed by atoms with Gasteiger partial charge in [-0.1, -0.05) is 25.2 Å². The Bertz CT molecular complexity index is 483. The Kier molecular flexibility index (Phi) is 4.40. The van der Waals surface area contributed by atoms with Gasteiger partial charge in [0.2, 0.25) is 0 Å². The van der Waals surface area contributed by atoms with Gasteiger partial charge in [-0.05, 0) is 18.4 Å². The van der Waals surface area contributed by atoms with E-state index in [2.05, 4.69) is 18.8 Å². The number of aliphatic hydroxyl groups excluding tert-OH is 1. The van der Waals surface area contributed by atoms with Crippen LogP contribution < -0.4 is 0 Å². The van der Waals surface area contributed by atoms with Crippen molar-refractivity contribution in [3.05, 3.63) is 21.9 Å². The lowest BCUT2D eigenvalue weighted by Crippen LogP contribution is -2.28. The molecule has 4 heteroatoms. The van der Waals surface area contributed by atoms with Gasteiger partial charge >= 0.3 is 0 Å². The average Bonchev–Trinajstić information content (AvgIpc) is 3.04. The third-order valence-electron chi connectivity index (χ3n) is 3.29. The summed E-state index contributed by atoms with van der Waals surface area (Å²) < 4.78 is 0. The molecule has 1 N–H and O–H groups in total. The van der Waals surface area contributed by atoms with Crippen molar-refractivity contribution < 1.29 is 9.90 Å². The van der Waals surface area contributed by atoms with Gasteiger partial charge in [-0.3, -0.25) is 4.79 Å². The summed E-state index contributed by atoms with van der Waals surface area (Å²) in [5, 5.41) is 10.5. The van der Waals surface area contributed by atoms with Gasteiger partial charge in [0, 0.05) is 18.5 Å². The van der Waals surface area contributed by atoms with E-state index in [0.717, 1.165) is 36.4 Å². The molecular weight excluding hydrogens is 246 g/mol. The summed E-state index contributed by atoms with van der Waals surface area (Å²) in [5.41, 5.74) is 0.721. The monoisotopic (exact) mass is 263 g/mol. The van der Waals surface area contributed by atoms with Gasteiger partial charge in [-0.15, -0.1) is 11.3 Å². The van der Waals surface area contributed by atoms with Crippen LogP contribution >= 0.6 is 11.3 Å². The second-order valence-electron chi connectivity index (χ2n) is 4.47. The molecule has 0 bridgehead atoms. The minimum Gasteiger partial charge on any atom is -0.384 e. The maximum Gasteiger partial charge on any atom is 0.254 e. The number of carbonyl (C=O) groups is 1. The van der Waals surface area contributed by atoms with Gasteiger partial charge in [-0.2, -0.15) is 0 Å². The fourth-order valence-electron chi connectivity index (χ4n) is 2.17. The summed E-state index contributed by atoms with van der Waals surface area (Å²) in [6.07, 6.45) is 2.25. The molecule has 18 heavy (non-hydrogen) atoms. The number of thiophene rings is 1. The van der Waals surface area contributed by atoms with Gasteiger partial charge in [0.05, 0.1) is 10.4 Å². The van der Waals surface area contributed by atoms with E-state index in [1.165, 1.54) is 11.3 Å². The van der Waals surface area contributed by atoms with Crippen LogP contribution in [0.4, 0.5) is 0 Å². The fraction of sp³-hybridized carbons (Fsp3) is 0.500. The van der Waals surface area contributed by atoms with Crippen molar-refractivity contribution in [1.29, 1.82) is 0 Å². The fourth-order valence-corrected chi connectivity index (χ4v) is 2.92. The second kappa shape index (κ2) is 6.03. The largest absolute Gasteiger partial charge is 0.384 e. The predicted octanol–water partition coefficient (Wildman–Crippen LogP) is 1.96. The Morgan fingerprint density at radius 2 is 2.50 bits per heavy atom. The summed E-state index contributed by atoms with van der Waals surface area (Å²) >= 11 is 1.45. The number of rotatable bonds is 2. The third kappa shape index (κ3) is 2.92. The molecule has 1 aliphatic rings. The van der Waals surface area contributed by atoms with Crippen LogP contribution in [0.2, 0.25) is 0 Å². The first-order valence-corrected chi connectivity index (χ1v) is 7.10. The van der Waals surface area contributed by atoms with Crippen molar-refractivity contribution in [3.63, 3.8) is 0 Å². The van der Waals surface area contributed by atoms with Crippen LogP contribution in [0.25, 0.3) is 0 Å². The summed E-state index contributed by atoms with van der Waals surface area (Å²) in [4.78, 5) is 15.0. The molecule has 0 saturated carbocycles. The topological polar surface area (TPSA) is 40.5 Å². The zero-order valence-electron chi connectivity index (χ0n) is 10.5. The van der Waals surface area contributed by atoms with Gasteiger partial charge in [0.1, 0.15) is 6.61 Å². The maximum absolute atomic E-state index is 12.2. The molecule has 1 aromatic heterocycles. The van der Waals surface area contributed by atoms with E-state index in [1.54, 1.807) is 0 Å². The molecule has 1 unspecified atom stereocenters. The van der Waals surface area contributed by atoms with Crippen molar-refractivity contribution in [2.75, 3.05) is 19.7 Å². The van der Waals surface area contributed by atoms with Crippen molar-refractivity contribution in [3.8, 4) is 11.8 Å². The van der Waals surface area contributed by atoms with Gasteiger partial charge in [0.15, 0.2) is 0 Å². The van der Waals surface area contributed by atoms with Crippen LogP contribution in [0, 0.1) is 17.8 Å². The van der Waals surface area contributed by atoms with E-state index in [1.807, 2.05) is 16.3 Å². The number of likely N-dealkylation sites (tertiary alicyclic amines) is 1. The highest BCUT2D eigenvalue weighted by Gasteiger charge is 2.26. The van der Waals surface area contributed by atoms with Crippen LogP contribution in [0.3, 0.4) is 0 Å². The standard InChI is InChI=1S/C14H17NO2S/c1-2-11-5-6-15(9-11)14(17)12-8-13(18-10-12)4-3-7-16/h8,10-11,16H,2,5-7,9H2,1H3. The molecule has 1 aliphatic heterocycles. The molecule has 0 radical (unpaired) electrons. The van der Waals surface area contributed by atoms with Gasteiger partial charge in [0.25, 0.3) is 5.91 Å². The van der Waals surface area contributed by atoms with Crippen LogP contribution in [-0.2, 0) is 0 Å². The molecule has 1 amide bonds. The zero-order valence-corrected chi connectivity index (χ0v) is 11.3. The Morgan fingerprint density at radius 3 is 3.17 bits per heavy atom. The van der Waals surface area contributed by atoms with Crippen LogP contribution in [-0.4, -0.2) is 35.6 Å². The molecule has 1 aromatic rings. The predicted molar refractivity (Wildman–Crippen MR) is 72.6 cm³/mol. The summed E-state index contributed by atoms with van der Waals surface area (Å²) in [5.74, 6) is 6.19. The SMILES string of the molecule is CCC1CCN(C(=O)c2csc(C#CCO)c2)C1. The number of carbonyl (C=O) groups excluding carboxylic acids is 1. The number of amides is 1. The minimum atomic E-state index is -0.147. The molecule has 1 fully saturated rings. The van der Waals surface area contributed by atoms with E-state index in [9.17, 15) is 4.79 Å². The first kappa shape index (κ1) is 13.1. The number of nitrogens with zero attached hydrogens (tertiary/aromatic N) is 1. The quantitative estimate of drug-likeness (QED) is 0.829. The number of aliphatic hydroxyl groups is 1. The lowest BCUT2D eigenvalue weighted by Gasteiger charge is -2.15. The summed E-state index contributed by atoms with van der Waals surface area (Å²) in [6, 6.07) is 1.81. The molecule has 0 spiro atoms. The molecule has 2 heterocycles. The average molecular weight is 263 g/mol. The highest BCUT2D eigenvalue weighted by Crippen LogP contribution is 2.22. The lowest BCUT2D eigenvalue weighted by molar-refractivity contribution is 0.0787. The normalized spacial score (nSPS) is 18.6. The first-order chi connectivity index (χ1) is 8.74. The molecular formula is C14H17NO2S. The van der Waals surface area contributed by atoms with E-state index >= 15 is 0 Å². The lowest BCUT2D eigenvalue weighted by atomic mass is 10.1. The highest BCUT2D eigenvalue weighted by molar-refractivity contribution is 7.10. The minimum absolute atomic E-state index is 0.110. The van der Waals surface area contributed by atoms with E-state index in [-0.39, 0.29) is 12.5 Å². The first-order valence-electron chi connectivity index (χ1n) is 6.22. The van der Waals surface area contributed by atoms with E-state index in [0.29, 0.717) is 5.92 Å². The maximum atomic E-state index is 12.2. The zero-order chi connectivity index (χ0) is 13.0. The van der Waals surface area contributed by atoms with E-state index in [4.69, 9.17) is 5.11 Å². The number of hydrogen-bond donors (Lipinski definition) is 1. The smallest absolute Gasteiger partial charge is 0.254 e. The highest BCUT2D eigenvalue weighted by atomic mass is 32.1. The van der Waals surface area contributed by atoms with Crippen molar-refractivity contribution in [2.24, 2.45) is 5.92 Å². The molecule has 3 nitrogen and oxygen atoms in total. The molecule has 2 rings (SSSR count). The van der Waals surface area contributed by atoms with Crippen LogP contribution in [0.5, 0.6) is 0 Å².